The van der Waals surface area contributed by atoms with E-state index in [0.717, 1.165) is 16.8 Å². The van der Waals surface area contributed by atoms with Gasteiger partial charge >= 0.3 is 0 Å². The first-order chi connectivity index (χ1) is 19.0. The van der Waals surface area contributed by atoms with Crippen LogP contribution < -0.4 is 19.5 Å². The van der Waals surface area contributed by atoms with Crippen LogP contribution in [0.3, 0.4) is 0 Å². The summed E-state index contributed by atoms with van der Waals surface area (Å²) in [5.74, 6) is 2.70. The van der Waals surface area contributed by atoms with Crippen molar-refractivity contribution in [1.82, 2.24) is 9.88 Å². The van der Waals surface area contributed by atoms with Crippen molar-refractivity contribution in [2.45, 2.75) is 19.8 Å². The largest absolute Gasteiger partial charge is 0.493 e. The van der Waals surface area contributed by atoms with E-state index >= 15 is 0 Å². The van der Waals surface area contributed by atoms with E-state index in [1.165, 1.54) is 5.56 Å². The van der Waals surface area contributed by atoms with Crippen molar-refractivity contribution in [3.63, 3.8) is 0 Å². The highest BCUT2D eigenvalue weighted by Crippen LogP contribution is 2.37. The molecule has 8 nitrogen and oxygen atoms in total. The average molecular weight is 528 g/mol. The molecule has 4 aromatic rings. The Morgan fingerprint density at radius 1 is 0.949 bits per heavy atom. The third kappa shape index (κ3) is 6.41. The quantitative estimate of drug-likeness (QED) is 0.280. The summed E-state index contributed by atoms with van der Waals surface area (Å²) in [5.41, 5.74) is 3.98. The highest BCUT2D eigenvalue weighted by Gasteiger charge is 2.19. The number of aromatic nitrogens is 1. The summed E-state index contributed by atoms with van der Waals surface area (Å²) < 4.78 is 22.9. The first kappa shape index (κ1) is 26.3. The number of rotatable bonds is 9. The van der Waals surface area contributed by atoms with Gasteiger partial charge in [-0.15, -0.1) is 0 Å². The van der Waals surface area contributed by atoms with E-state index in [2.05, 4.69) is 48.4 Å². The lowest BCUT2D eigenvalue weighted by Crippen LogP contribution is -2.43. The van der Waals surface area contributed by atoms with Gasteiger partial charge in [-0.25, -0.2) is 0 Å². The molecule has 3 aromatic carbocycles. The Labute approximate surface area is 228 Å². The zero-order chi connectivity index (χ0) is 27.2. The van der Waals surface area contributed by atoms with Crippen LogP contribution >= 0.6 is 0 Å². The second-order valence-corrected chi connectivity index (χ2v) is 9.64. The molecule has 1 amide bonds. The fourth-order valence-corrected chi connectivity index (χ4v) is 4.38. The molecule has 1 fully saturated rings. The molecule has 0 unspecified atom stereocenters. The van der Waals surface area contributed by atoms with Gasteiger partial charge in [0.1, 0.15) is 11.5 Å². The van der Waals surface area contributed by atoms with Gasteiger partial charge in [0.05, 0.1) is 25.8 Å². The lowest BCUT2D eigenvalue weighted by molar-refractivity contribution is -0.137. The summed E-state index contributed by atoms with van der Waals surface area (Å²) >= 11 is 0. The first-order valence-electron chi connectivity index (χ1n) is 13.1. The molecule has 1 saturated heterocycles. The monoisotopic (exact) mass is 527 g/mol. The van der Waals surface area contributed by atoms with Crippen molar-refractivity contribution in [2.24, 2.45) is 0 Å². The molecule has 0 aliphatic carbocycles. The van der Waals surface area contributed by atoms with Crippen LogP contribution in [0.15, 0.2) is 72.9 Å². The number of pyridine rings is 1. The highest BCUT2D eigenvalue weighted by atomic mass is 16.5. The van der Waals surface area contributed by atoms with Crippen molar-refractivity contribution < 1.29 is 23.7 Å². The van der Waals surface area contributed by atoms with Crippen LogP contribution in [0.5, 0.6) is 23.0 Å². The summed E-state index contributed by atoms with van der Waals surface area (Å²) in [5, 5.41) is 4.20. The molecule has 0 spiro atoms. The van der Waals surface area contributed by atoms with Crippen molar-refractivity contribution in [2.75, 3.05) is 45.3 Å². The first-order valence-corrected chi connectivity index (χ1v) is 13.1. The smallest absolute Gasteiger partial charge is 0.260 e. The van der Waals surface area contributed by atoms with Gasteiger partial charge < -0.3 is 29.2 Å². The molecule has 1 N–H and O–H groups in total. The predicted octanol–water partition coefficient (Wildman–Crippen LogP) is 6.14. The summed E-state index contributed by atoms with van der Waals surface area (Å²) in [7, 11) is 1.57. The van der Waals surface area contributed by atoms with Crippen LogP contribution in [0.1, 0.15) is 25.3 Å². The SMILES string of the molecule is COc1cc2c(Oc3ccc(Nc4ccc(C(C)C)cc4)cc3)ccnc2cc1OCC(=O)N1CCOCC1. The number of carbonyl (C=O) groups is 1. The Bertz CT molecular complexity index is 1420. The number of amides is 1. The molecule has 1 aliphatic heterocycles. The summed E-state index contributed by atoms with van der Waals surface area (Å²) in [4.78, 5) is 18.7. The standard InChI is InChI=1S/C31H33N3O5/c1-21(2)22-4-6-23(7-5-22)33-24-8-10-25(11-9-24)39-28-12-13-32-27-19-30(29(36-3)18-26(27)28)38-20-31(35)34-14-16-37-17-15-34/h4-13,18-19,21,33H,14-17,20H2,1-3H3. The normalized spacial score (nSPS) is 13.4. The van der Waals surface area contributed by atoms with Gasteiger partial charge in [0.15, 0.2) is 18.1 Å². The Kier molecular flexibility index (Phi) is 8.13. The van der Waals surface area contributed by atoms with E-state index in [1.54, 1.807) is 24.3 Å². The van der Waals surface area contributed by atoms with E-state index in [-0.39, 0.29) is 12.5 Å². The zero-order valence-corrected chi connectivity index (χ0v) is 22.5. The number of morpholine rings is 1. The highest BCUT2D eigenvalue weighted by molar-refractivity contribution is 5.88. The van der Waals surface area contributed by atoms with Crippen molar-refractivity contribution in [3.8, 4) is 23.0 Å². The number of methoxy groups -OCH3 is 1. The van der Waals surface area contributed by atoms with Gasteiger partial charge in [0.2, 0.25) is 0 Å². The average Bonchev–Trinajstić information content (AvgIpc) is 2.97. The minimum Gasteiger partial charge on any atom is -0.493 e. The van der Waals surface area contributed by atoms with Crippen LogP contribution in [0.2, 0.25) is 0 Å². The molecule has 0 saturated carbocycles. The topological polar surface area (TPSA) is 82.2 Å². The van der Waals surface area contributed by atoms with E-state index in [1.807, 2.05) is 36.4 Å². The Morgan fingerprint density at radius 2 is 1.64 bits per heavy atom. The number of hydrogen-bond donors (Lipinski definition) is 1. The van der Waals surface area contributed by atoms with E-state index < -0.39 is 0 Å². The van der Waals surface area contributed by atoms with E-state index in [9.17, 15) is 4.79 Å². The van der Waals surface area contributed by atoms with Crippen LogP contribution in [0.25, 0.3) is 10.9 Å². The number of anilines is 2. The van der Waals surface area contributed by atoms with Crippen molar-refractivity contribution in [1.29, 1.82) is 0 Å². The van der Waals surface area contributed by atoms with Gasteiger partial charge in [-0.2, -0.15) is 0 Å². The third-order valence-corrected chi connectivity index (χ3v) is 6.65. The summed E-state index contributed by atoms with van der Waals surface area (Å²) in [6, 6.07) is 21.7. The van der Waals surface area contributed by atoms with Crippen LogP contribution in [0.4, 0.5) is 11.4 Å². The van der Waals surface area contributed by atoms with Gasteiger partial charge in [-0.05, 0) is 60.0 Å². The number of nitrogens with zero attached hydrogens (tertiary/aromatic N) is 2. The van der Waals surface area contributed by atoms with Crippen molar-refractivity contribution in [3.05, 3.63) is 78.5 Å². The maximum Gasteiger partial charge on any atom is 0.260 e. The fourth-order valence-electron chi connectivity index (χ4n) is 4.38. The van der Waals surface area contributed by atoms with Gasteiger partial charge in [0, 0.05) is 42.1 Å². The molecule has 0 radical (unpaired) electrons. The molecule has 0 bridgehead atoms. The van der Waals surface area contributed by atoms with Gasteiger partial charge in [-0.3, -0.25) is 9.78 Å². The van der Waals surface area contributed by atoms with E-state index in [4.69, 9.17) is 18.9 Å². The third-order valence-electron chi connectivity index (χ3n) is 6.65. The van der Waals surface area contributed by atoms with Crippen molar-refractivity contribution >= 4 is 28.2 Å². The minimum absolute atomic E-state index is 0.0830. The lowest BCUT2D eigenvalue weighted by atomic mass is 10.0. The number of nitrogens with one attached hydrogen (secondary N) is 1. The zero-order valence-electron chi connectivity index (χ0n) is 22.5. The van der Waals surface area contributed by atoms with E-state index in [0.29, 0.717) is 60.7 Å². The molecule has 39 heavy (non-hydrogen) atoms. The lowest BCUT2D eigenvalue weighted by Gasteiger charge is -2.26. The molecule has 8 heteroatoms. The summed E-state index contributed by atoms with van der Waals surface area (Å²) in [6.45, 7) is 6.52. The molecule has 0 atom stereocenters. The second-order valence-electron chi connectivity index (χ2n) is 9.64. The maximum atomic E-state index is 12.5. The predicted molar refractivity (Wildman–Crippen MR) is 152 cm³/mol. The minimum atomic E-state index is -0.0870. The van der Waals surface area contributed by atoms with Gasteiger partial charge in [0.25, 0.3) is 5.91 Å². The Balaban J connectivity index is 1.28. The molecular weight excluding hydrogens is 494 g/mol. The Morgan fingerprint density at radius 3 is 2.31 bits per heavy atom. The number of hydrogen-bond acceptors (Lipinski definition) is 7. The molecule has 1 aromatic heterocycles. The second kappa shape index (κ2) is 12.0. The molecule has 1 aliphatic rings. The van der Waals surface area contributed by atoms with Crippen LogP contribution in [-0.2, 0) is 9.53 Å². The fraction of sp³-hybridized carbons (Fsp3) is 0.290. The molecular formula is C31H33N3O5. The van der Waals surface area contributed by atoms with Gasteiger partial charge in [-0.1, -0.05) is 26.0 Å². The number of ether oxygens (including phenoxy) is 4. The number of carbonyl (C=O) groups excluding carboxylic acids is 1. The maximum absolute atomic E-state index is 12.5. The van der Waals surface area contributed by atoms with Crippen LogP contribution in [-0.4, -0.2) is 55.8 Å². The number of fused-ring (bicyclic) bond motifs is 1. The number of benzene rings is 3. The molecule has 2 heterocycles. The van der Waals surface area contributed by atoms with Crippen LogP contribution in [0, 0.1) is 0 Å². The molecule has 5 rings (SSSR count). The molecule has 202 valence electrons. The Hall–Kier alpha value is -4.30. The summed E-state index contributed by atoms with van der Waals surface area (Å²) in [6.07, 6.45) is 1.68.